The summed E-state index contributed by atoms with van der Waals surface area (Å²) in [5.74, 6) is -1.15. The van der Waals surface area contributed by atoms with Crippen LogP contribution in [0.2, 0.25) is 0 Å². The zero-order valence-corrected chi connectivity index (χ0v) is 13.9. The Morgan fingerprint density at radius 3 is 2.45 bits per heavy atom. The first-order valence-electron chi connectivity index (χ1n) is 6.85. The summed E-state index contributed by atoms with van der Waals surface area (Å²) in [6.45, 7) is 0.803. The number of nitrogens with one attached hydrogen (secondary N) is 1. The van der Waals surface area contributed by atoms with Gasteiger partial charge in [-0.15, -0.1) is 0 Å². The number of benzene rings is 1. The van der Waals surface area contributed by atoms with Gasteiger partial charge in [0.1, 0.15) is 12.4 Å². The van der Waals surface area contributed by atoms with Gasteiger partial charge in [-0.3, -0.25) is 9.10 Å². The van der Waals surface area contributed by atoms with E-state index >= 15 is 0 Å². The molecule has 1 aromatic rings. The molecule has 0 heterocycles. The first-order chi connectivity index (χ1) is 10.2. The highest BCUT2D eigenvalue weighted by Gasteiger charge is 2.23. The first kappa shape index (κ1) is 18.4. The molecular formula is C14H22FN3O3S. The van der Waals surface area contributed by atoms with Gasteiger partial charge in [0, 0.05) is 6.54 Å². The lowest BCUT2D eigenvalue weighted by atomic mass is 10.3. The molecule has 1 amide bonds. The van der Waals surface area contributed by atoms with Gasteiger partial charge < -0.3 is 10.2 Å². The number of hydrogen-bond acceptors (Lipinski definition) is 4. The number of sulfonamides is 1. The summed E-state index contributed by atoms with van der Waals surface area (Å²) in [6.07, 6.45) is 1.69. The molecule has 0 aliphatic carbocycles. The minimum atomic E-state index is -3.76. The van der Waals surface area contributed by atoms with Gasteiger partial charge in [-0.05, 0) is 39.2 Å². The fraction of sp³-hybridized carbons (Fsp3) is 0.500. The summed E-state index contributed by atoms with van der Waals surface area (Å²) < 4.78 is 38.2. The third kappa shape index (κ3) is 5.98. The molecule has 0 fully saturated rings. The van der Waals surface area contributed by atoms with Crippen molar-refractivity contribution in [1.82, 2.24) is 10.2 Å². The second kappa shape index (κ2) is 8.09. The van der Waals surface area contributed by atoms with Gasteiger partial charge >= 0.3 is 0 Å². The summed E-state index contributed by atoms with van der Waals surface area (Å²) in [4.78, 5) is 13.9. The van der Waals surface area contributed by atoms with Crippen molar-refractivity contribution in [3.05, 3.63) is 30.1 Å². The smallest absolute Gasteiger partial charge is 0.240 e. The number of anilines is 1. The van der Waals surface area contributed by atoms with Crippen LogP contribution in [0.1, 0.15) is 6.42 Å². The Morgan fingerprint density at radius 2 is 1.91 bits per heavy atom. The van der Waals surface area contributed by atoms with Crippen LogP contribution < -0.4 is 9.62 Å². The minimum absolute atomic E-state index is 0.131. The largest absolute Gasteiger partial charge is 0.354 e. The van der Waals surface area contributed by atoms with E-state index in [9.17, 15) is 17.6 Å². The van der Waals surface area contributed by atoms with E-state index in [1.165, 1.54) is 18.2 Å². The summed E-state index contributed by atoms with van der Waals surface area (Å²) in [6, 6.07) is 5.46. The van der Waals surface area contributed by atoms with E-state index in [4.69, 9.17) is 0 Å². The van der Waals surface area contributed by atoms with Crippen molar-refractivity contribution in [3.63, 3.8) is 0 Å². The van der Waals surface area contributed by atoms with Gasteiger partial charge in [-0.1, -0.05) is 12.1 Å². The number of halogens is 1. The van der Waals surface area contributed by atoms with E-state index in [1.807, 2.05) is 19.0 Å². The fourth-order valence-corrected chi connectivity index (χ4v) is 2.70. The summed E-state index contributed by atoms with van der Waals surface area (Å²) >= 11 is 0. The molecule has 1 rings (SSSR count). The van der Waals surface area contributed by atoms with E-state index in [0.29, 0.717) is 6.54 Å². The van der Waals surface area contributed by atoms with E-state index in [-0.39, 0.29) is 5.69 Å². The van der Waals surface area contributed by atoms with Gasteiger partial charge in [-0.25, -0.2) is 12.8 Å². The van der Waals surface area contributed by atoms with E-state index in [0.717, 1.165) is 29.6 Å². The van der Waals surface area contributed by atoms with Gasteiger partial charge in [0.2, 0.25) is 15.9 Å². The second-order valence-corrected chi connectivity index (χ2v) is 7.13. The third-order valence-corrected chi connectivity index (χ3v) is 4.04. The number of carbonyl (C=O) groups is 1. The van der Waals surface area contributed by atoms with Crippen molar-refractivity contribution in [2.45, 2.75) is 6.42 Å². The van der Waals surface area contributed by atoms with Gasteiger partial charge in [0.15, 0.2) is 0 Å². The van der Waals surface area contributed by atoms with Crippen LogP contribution in [0.25, 0.3) is 0 Å². The molecule has 1 N–H and O–H groups in total. The van der Waals surface area contributed by atoms with Gasteiger partial charge in [-0.2, -0.15) is 0 Å². The van der Waals surface area contributed by atoms with Crippen molar-refractivity contribution in [2.24, 2.45) is 0 Å². The molecule has 0 aromatic heterocycles. The van der Waals surface area contributed by atoms with E-state index in [2.05, 4.69) is 5.32 Å². The van der Waals surface area contributed by atoms with Crippen LogP contribution in [0.4, 0.5) is 10.1 Å². The van der Waals surface area contributed by atoms with Crippen molar-refractivity contribution in [1.29, 1.82) is 0 Å². The molecule has 0 atom stereocenters. The molecule has 0 spiro atoms. The van der Waals surface area contributed by atoms with Crippen molar-refractivity contribution >= 4 is 21.6 Å². The molecule has 8 heteroatoms. The van der Waals surface area contributed by atoms with Crippen LogP contribution in [-0.2, 0) is 14.8 Å². The highest BCUT2D eigenvalue weighted by atomic mass is 32.2. The molecule has 0 radical (unpaired) electrons. The standard InChI is InChI=1S/C14H22FN3O3S/c1-17(2)10-6-9-16-14(19)11-18(22(3,20)21)13-8-5-4-7-12(13)15/h4-5,7-8H,6,9-11H2,1-3H3,(H,16,19). The normalized spacial score (nSPS) is 11.5. The molecule has 0 saturated carbocycles. The summed E-state index contributed by atoms with van der Waals surface area (Å²) in [5, 5.41) is 2.64. The van der Waals surface area contributed by atoms with Crippen LogP contribution in [-0.4, -0.2) is 59.2 Å². The minimum Gasteiger partial charge on any atom is -0.354 e. The average molecular weight is 331 g/mol. The third-order valence-electron chi connectivity index (χ3n) is 2.91. The second-order valence-electron chi connectivity index (χ2n) is 5.23. The Morgan fingerprint density at radius 1 is 1.27 bits per heavy atom. The predicted molar refractivity (Wildman–Crippen MR) is 84.8 cm³/mol. The van der Waals surface area contributed by atoms with Gasteiger partial charge in [0.05, 0.1) is 11.9 Å². The molecule has 124 valence electrons. The SMILES string of the molecule is CN(C)CCCNC(=O)CN(c1ccccc1F)S(C)(=O)=O. The maximum atomic E-state index is 13.8. The summed E-state index contributed by atoms with van der Waals surface area (Å²) in [7, 11) is 0.0887. The Hall–Kier alpha value is -1.67. The maximum Gasteiger partial charge on any atom is 0.240 e. The lowest BCUT2D eigenvalue weighted by molar-refractivity contribution is -0.119. The average Bonchev–Trinajstić information content (AvgIpc) is 2.40. The number of amides is 1. The number of rotatable bonds is 8. The number of nitrogens with zero attached hydrogens (tertiary/aromatic N) is 2. The molecule has 0 saturated heterocycles. The quantitative estimate of drug-likeness (QED) is 0.711. The Balaban J connectivity index is 2.72. The lowest BCUT2D eigenvalue weighted by Gasteiger charge is -2.22. The number of hydrogen-bond donors (Lipinski definition) is 1. The van der Waals surface area contributed by atoms with Crippen LogP contribution in [0.15, 0.2) is 24.3 Å². The van der Waals surface area contributed by atoms with Crippen LogP contribution in [0.3, 0.4) is 0 Å². The van der Waals surface area contributed by atoms with Crippen molar-refractivity contribution < 1.29 is 17.6 Å². The monoisotopic (exact) mass is 331 g/mol. The Kier molecular flexibility index (Phi) is 6.76. The first-order valence-corrected chi connectivity index (χ1v) is 8.70. The number of para-hydroxylation sites is 1. The molecule has 1 aromatic carbocycles. The van der Waals surface area contributed by atoms with E-state index < -0.39 is 28.3 Å². The zero-order valence-electron chi connectivity index (χ0n) is 13.0. The Bertz CT molecular complexity index is 605. The predicted octanol–water partition coefficient (Wildman–Crippen LogP) is 0.660. The summed E-state index contributed by atoms with van der Waals surface area (Å²) in [5.41, 5.74) is -0.131. The maximum absolute atomic E-state index is 13.8. The Labute approximate surface area is 131 Å². The number of carbonyl (C=O) groups excluding carboxylic acids is 1. The fourth-order valence-electron chi connectivity index (χ4n) is 1.84. The van der Waals surface area contributed by atoms with Crippen LogP contribution in [0, 0.1) is 5.82 Å². The molecule has 0 aliphatic rings. The van der Waals surface area contributed by atoms with E-state index in [1.54, 1.807) is 0 Å². The zero-order chi connectivity index (χ0) is 16.8. The van der Waals surface area contributed by atoms with Gasteiger partial charge in [0.25, 0.3) is 0 Å². The molecule has 22 heavy (non-hydrogen) atoms. The molecule has 0 unspecified atom stereocenters. The van der Waals surface area contributed by atoms with Crippen LogP contribution in [0.5, 0.6) is 0 Å². The lowest BCUT2D eigenvalue weighted by Crippen LogP contribution is -2.41. The van der Waals surface area contributed by atoms with Crippen LogP contribution >= 0.6 is 0 Å². The highest BCUT2D eigenvalue weighted by molar-refractivity contribution is 7.92. The molecule has 6 nitrogen and oxygen atoms in total. The highest BCUT2D eigenvalue weighted by Crippen LogP contribution is 2.20. The molecular weight excluding hydrogens is 309 g/mol. The topological polar surface area (TPSA) is 69.7 Å². The van der Waals surface area contributed by atoms with Crippen molar-refractivity contribution in [3.8, 4) is 0 Å². The molecule has 0 bridgehead atoms. The molecule has 0 aliphatic heterocycles. The van der Waals surface area contributed by atoms with Crippen molar-refractivity contribution in [2.75, 3.05) is 44.3 Å².